The Hall–Kier alpha value is -2.42. The Morgan fingerprint density at radius 2 is 1.74 bits per heavy atom. The zero-order valence-electron chi connectivity index (χ0n) is 18.7. The maximum Gasteiger partial charge on any atom is 0.262 e. The summed E-state index contributed by atoms with van der Waals surface area (Å²) in [5, 5.41) is 3.70. The van der Waals surface area contributed by atoms with Gasteiger partial charge in [0.2, 0.25) is 0 Å². The maximum atomic E-state index is 13.8. The van der Waals surface area contributed by atoms with E-state index < -0.39 is 17.3 Å². The SMILES string of the molecule is CSc1ccc(N2C(=O)c3ccc(Br)cc3NC23CCN(Cc2ccc(F)c(F)c2)CC3)cc1. The molecule has 2 aliphatic rings. The first-order valence-electron chi connectivity index (χ1n) is 11.1. The van der Waals surface area contributed by atoms with E-state index in [1.807, 2.05) is 53.6 Å². The average molecular weight is 544 g/mol. The van der Waals surface area contributed by atoms with Gasteiger partial charge in [-0.3, -0.25) is 14.6 Å². The largest absolute Gasteiger partial charge is 0.362 e. The van der Waals surface area contributed by atoms with Crippen LogP contribution in [0.25, 0.3) is 0 Å². The molecule has 2 heterocycles. The number of nitrogens with one attached hydrogen (secondary N) is 1. The summed E-state index contributed by atoms with van der Waals surface area (Å²) in [6, 6.07) is 17.8. The number of likely N-dealkylation sites (tertiary alicyclic amines) is 1. The smallest absolute Gasteiger partial charge is 0.262 e. The summed E-state index contributed by atoms with van der Waals surface area (Å²) in [4.78, 5) is 19.0. The Kier molecular flexibility index (Phi) is 6.39. The number of thioether (sulfide) groups is 1. The predicted molar refractivity (Wildman–Crippen MR) is 136 cm³/mol. The predicted octanol–water partition coefficient (Wildman–Crippen LogP) is 6.51. The number of hydrogen-bond acceptors (Lipinski definition) is 4. The summed E-state index contributed by atoms with van der Waals surface area (Å²) < 4.78 is 27.9. The molecule has 0 atom stereocenters. The van der Waals surface area contributed by atoms with E-state index in [2.05, 4.69) is 26.1 Å². The minimum Gasteiger partial charge on any atom is -0.362 e. The number of fused-ring (bicyclic) bond motifs is 1. The van der Waals surface area contributed by atoms with Gasteiger partial charge in [-0.25, -0.2) is 8.78 Å². The third kappa shape index (κ3) is 4.34. The second-order valence-corrected chi connectivity index (χ2v) is 10.5. The monoisotopic (exact) mass is 543 g/mol. The van der Waals surface area contributed by atoms with Crippen LogP contribution in [0, 0.1) is 11.6 Å². The Bertz CT molecular complexity index is 1230. The van der Waals surface area contributed by atoms with Crippen molar-refractivity contribution in [2.75, 3.05) is 29.6 Å². The summed E-state index contributed by atoms with van der Waals surface area (Å²) in [5.41, 5.74) is 2.49. The van der Waals surface area contributed by atoms with E-state index in [9.17, 15) is 13.6 Å². The number of halogens is 3. The normalized spacial score (nSPS) is 17.5. The molecule has 1 saturated heterocycles. The molecule has 34 heavy (non-hydrogen) atoms. The number of hydrogen-bond donors (Lipinski definition) is 1. The van der Waals surface area contributed by atoms with E-state index in [0.717, 1.165) is 26.3 Å². The van der Waals surface area contributed by atoms with E-state index >= 15 is 0 Å². The molecule has 1 N–H and O–H groups in total. The van der Waals surface area contributed by atoms with Crippen molar-refractivity contribution in [1.82, 2.24) is 4.90 Å². The van der Waals surface area contributed by atoms with Gasteiger partial charge in [0.1, 0.15) is 5.66 Å². The molecule has 3 aromatic carbocycles. The first-order valence-corrected chi connectivity index (χ1v) is 13.1. The Labute approximate surface area is 210 Å². The van der Waals surface area contributed by atoms with Crippen LogP contribution in [-0.2, 0) is 6.54 Å². The van der Waals surface area contributed by atoms with Gasteiger partial charge in [-0.2, -0.15) is 0 Å². The van der Waals surface area contributed by atoms with Crippen LogP contribution in [0.3, 0.4) is 0 Å². The number of nitrogens with zero attached hydrogens (tertiary/aromatic N) is 2. The summed E-state index contributed by atoms with van der Waals surface area (Å²) in [6.07, 6.45) is 3.41. The molecular formula is C26H24BrF2N3OS. The number of carbonyl (C=O) groups excluding carboxylic acids is 1. The molecule has 3 aromatic rings. The van der Waals surface area contributed by atoms with Gasteiger partial charge in [-0.05, 0) is 66.4 Å². The van der Waals surface area contributed by atoms with Crippen molar-refractivity contribution in [3.05, 3.63) is 87.9 Å². The van der Waals surface area contributed by atoms with Gasteiger partial charge in [-0.1, -0.05) is 22.0 Å². The van der Waals surface area contributed by atoms with Gasteiger partial charge in [0.15, 0.2) is 11.6 Å². The molecule has 4 nitrogen and oxygen atoms in total. The number of anilines is 2. The zero-order valence-corrected chi connectivity index (χ0v) is 21.1. The van der Waals surface area contributed by atoms with Crippen LogP contribution >= 0.6 is 27.7 Å². The van der Waals surface area contributed by atoms with E-state index in [4.69, 9.17) is 0 Å². The minimum absolute atomic E-state index is 0.0211. The molecule has 0 aromatic heterocycles. The standard InChI is InChI=1S/C26H24BrF2N3OS/c1-34-20-6-4-19(5-7-20)32-25(33)21-8-3-18(27)15-24(21)30-26(32)10-12-31(13-11-26)16-17-2-9-22(28)23(29)14-17/h2-9,14-15,30H,10-13,16H2,1H3. The van der Waals surface area contributed by atoms with Gasteiger partial charge in [0, 0.05) is 53.2 Å². The van der Waals surface area contributed by atoms with Gasteiger partial charge in [-0.15, -0.1) is 11.8 Å². The topological polar surface area (TPSA) is 35.6 Å². The summed E-state index contributed by atoms with van der Waals surface area (Å²) in [7, 11) is 0. The van der Waals surface area contributed by atoms with Gasteiger partial charge < -0.3 is 5.32 Å². The number of benzene rings is 3. The van der Waals surface area contributed by atoms with Crippen LogP contribution in [0.4, 0.5) is 20.2 Å². The van der Waals surface area contributed by atoms with E-state index in [1.54, 1.807) is 17.8 Å². The lowest BCUT2D eigenvalue weighted by atomic mass is 9.89. The fraction of sp³-hybridized carbons (Fsp3) is 0.269. The number of piperidine rings is 1. The van der Waals surface area contributed by atoms with Crippen LogP contribution in [0.5, 0.6) is 0 Å². The molecule has 5 rings (SSSR count). The highest BCUT2D eigenvalue weighted by atomic mass is 79.9. The van der Waals surface area contributed by atoms with Crippen LogP contribution in [0.1, 0.15) is 28.8 Å². The van der Waals surface area contributed by atoms with Crippen LogP contribution in [0.2, 0.25) is 0 Å². The number of rotatable bonds is 4. The molecular weight excluding hydrogens is 520 g/mol. The van der Waals surface area contributed by atoms with Gasteiger partial charge >= 0.3 is 0 Å². The number of carbonyl (C=O) groups is 1. The fourth-order valence-corrected chi connectivity index (χ4v) is 5.62. The van der Waals surface area contributed by atoms with Crippen molar-refractivity contribution in [2.45, 2.75) is 29.9 Å². The molecule has 176 valence electrons. The third-order valence-corrected chi connectivity index (χ3v) is 7.85. The summed E-state index contributed by atoms with van der Waals surface area (Å²) >= 11 is 5.19. The van der Waals surface area contributed by atoms with Crippen molar-refractivity contribution in [2.24, 2.45) is 0 Å². The van der Waals surface area contributed by atoms with E-state index in [0.29, 0.717) is 38.0 Å². The summed E-state index contributed by atoms with van der Waals surface area (Å²) in [5.74, 6) is -1.68. The van der Waals surface area contributed by atoms with E-state index in [1.165, 1.54) is 12.1 Å². The first kappa shape index (κ1) is 23.3. The Morgan fingerprint density at radius 1 is 1.00 bits per heavy atom. The van der Waals surface area contributed by atoms with Crippen molar-refractivity contribution in [3.63, 3.8) is 0 Å². The quantitative estimate of drug-likeness (QED) is 0.380. The summed E-state index contributed by atoms with van der Waals surface area (Å²) in [6.45, 7) is 1.95. The molecule has 0 aliphatic carbocycles. The molecule has 1 fully saturated rings. The molecule has 0 radical (unpaired) electrons. The average Bonchev–Trinajstić information content (AvgIpc) is 2.83. The highest BCUT2D eigenvalue weighted by Gasteiger charge is 2.47. The molecule has 0 bridgehead atoms. The highest BCUT2D eigenvalue weighted by molar-refractivity contribution is 9.10. The molecule has 0 saturated carbocycles. The molecule has 1 amide bonds. The molecule has 0 unspecified atom stereocenters. The van der Waals surface area contributed by atoms with Crippen molar-refractivity contribution < 1.29 is 13.6 Å². The second-order valence-electron chi connectivity index (χ2n) is 8.71. The second kappa shape index (κ2) is 9.32. The molecule has 8 heteroatoms. The molecule has 1 spiro atoms. The van der Waals surface area contributed by atoms with Gasteiger partial charge in [0.05, 0.1) is 5.56 Å². The first-order chi connectivity index (χ1) is 16.4. The minimum atomic E-state index is -0.834. The fourth-order valence-electron chi connectivity index (χ4n) is 4.85. The molecule has 2 aliphatic heterocycles. The lowest BCUT2D eigenvalue weighted by molar-refractivity contribution is 0.0904. The third-order valence-electron chi connectivity index (χ3n) is 6.61. The van der Waals surface area contributed by atoms with Crippen molar-refractivity contribution in [1.29, 1.82) is 0 Å². The van der Waals surface area contributed by atoms with Crippen LogP contribution in [0.15, 0.2) is 70.0 Å². The number of amides is 1. The highest BCUT2D eigenvalue weighted by Crippen LogP contribution is 2.42. The van der Waals surface area contributed by atoms with Crippen LogP contribution < -0.4 is 10.2 Å². The Balaban J connectivity index is 1.44. The van der Waals surface area contributed by atoms with E-state index in [-0.39, 0.29) is 5.91 Å². The van der Waals surface area contributed by atoms with Crippen LogP contribution in [-0.4, -0.2) is 35.8 Å². The lowest BCUT2D eigenvalue weighted by Gasteiger charge is -2.52. The van der Waals surface area contributed by atoms with Crippen molar-refractivity contribution in [3.8, 4) is 0 Å². The Morgan fingerprint density at radius 3 is 2.41 bits per heavy atom. The van der Waals surface area contributed by atoms with Crippen molar-refractivity contribution >= 4 is 45.0 Å². The maximum absolute atomic E-state index is 13.8. The van der Waals surface area contributed by atoms with Gasteiger partial charge in [0.25, 0.3) is 5.91 Å². The lowest BCUT2D eigenvalue weighted by Crippen LogP contribution is -2.64. The zero-order chi connectivity index (χ0) is 23.9.